The Balaban J connectivity index is 2.17. The lowest BCUT2D eigenvalue weighted by molar-refractivity contribution is -0.146. The van der Waals surface area contributed by atoms with Gasteiger partial charge in [-0.25, -0.2) is 0 Å². The Morgan fingerprint density at radius 3 is 1.15 bits per heavy atom. The molecule has 47 heteroatoms. The molecule has 1 aliphatic heterocycles. The van der Waals surface area contributed by atoms with Gasteiger partial charge in [0.1, 0.15) is 105 Å². The van der Waals surface area contributed by atoms with E-state index in [4.69, 9.17) is 17.2 Å². The summed E-state index contributed by atoms with van der Waals surface area (Å²) in [5.41, 5.74) is 2.91. The van der Waals surface area contributed by atoms with Crippen LogP contribution in [-0.2, 0) is 117 Å². The summed E-state index contributed by atoms with van der Waals surface area (Å²) in [6.07, 6.45) is -1.79. The van der Waals surface area contributed by atoms with Crippen molar-refractivity contribution < 1.29 is 115 Å². The topological polar surface area (TPSA) is 723 Å². The highest BCUT2D eigenvalue weighted by atomic mass is 16.3. The maximum atomic E-state index is 14.6. The zero-order valence-corrected chi connectivity index (χ0v) is 83.7. The van der Waals surface area contributed by atoms with Gasteiger partial charge in [-0.1, -0.05) is 71.9 Å². The molecule has 0 spiro atoms. The molecule has 47 nitrogen and oxygen atoms in total. The van der Waals surface area contributed by atoms with Gasteiger partial charge < -0.3 is 128 Å². The first kappa shape index (κ1) is 120. The van der Waals surface area contributed by atoms with Crippen LogP contribution < -0.4 is 118 Å². The van der Waals surface area contributed by atoms with Gasteiger partial charge in [0, 0.05) is 32.7 Å². The van der Waals surface area contributed by atoms with Crippen LogP contribution >= 0.6 is 0 Å². The van der Waals surface area contributed by atoms with Crippen molar-refractivity contribution in [2.24, 2.45) is 35.0 Å². The van der Waals surface area contributed by atoms with Crippen LogP contribution in [0.2, 0.25) is 0 Å². The quantitative estimate of drug-likeness (QED) is 0.0289. The number of nitrogens with zero attached hydrogens (tertiary/aromatic N) is 1. The standard InChI is InChI=1S/C90H149N23O24/c1-45(2)41-57(71(126)109-90(25,26)82(137)113-40-30-33-58(113)72(127)103-63(46(3)4)73(128)111-89(23,24)81(136)112-88(21,22)79(134)102-55(35-38-60(92)117)69(124)101-54(34-37-59(91)116)68(123)98-53(44-114)42-52-31-28-27-29-32-52)99-62(119)43-94-75(130)83(11,12)110-74(129)64(47(5)6)104-80(135)87(19,20)108-70(125)56(36-39-61(93)118)100-65(120)48(7)95-77(132)85(15,16)106-67(122)50(9)97-78(133)86(17,18)107-66(121)49(8)96-76(131)84(13,14)105-51(10)115/h27-29,31-32,45-50,53-58,63-64,114H,30,33-44H2,1-26H3,(H2,91,116)(H2,92,117)(H2,93,118)(H,94,130)(H,95,132)(H,96,131)(H,97,133)(H,98,123)(H,99,119)(H,100,120)(H,101,124)(H,102,134)(H,103,127)(H,104,135)(H,105,115)(H,106,122)(H,107,121)(H,108,125)(H,109,126)(H,110,129)(H,111,128)(H,112,136)/t48-,49-,50-,53?,54-,55-,56-,57-,58-,63-,64-/m0/s1. The van der Waals surface area contributed by atoms with E-state index in [9.17, 15) is 115 Å². The Morgan fingerprint density at radius 1 is 0.372 bits per heavy atom. The van der Waals surface area contributed by atoms with Gasteiger partial charge in [-0.3, -0.25) is 110 Å². The molecule has 11 atom stereocenters. The summed E-state index contributed by atoms with van der Waals surface area (Å²) in [6.45, 7) is 34.7. The lowest BCUT2D eigenvalue weighted by atomic mass is 9.96. The number of rotatable bonds is 54. The first-order chi connectivity index (χ1) is 62.7. The van der Waals surface area contributed by atoms with Crippen molar-refractivity contribution >= 4 is 136 Å². The van der Waals surface area contributed by atoms with Crippen LogP contribution in [0.1, 0.15) is 243 Å². The van der Waals surface area contributed by atoms with E-state index in [-0.39, 0.29) is 44.6 Å². The second kappa shape index (κ2) is 51.2. The van der Waals surface area contributed by atoms with Crippen LogP contribution in [0.3, 0.4) is 0 Å². The Morgan fingerprint density at radius 2 is 0.723 bits per heavy atom. The van der Waals surface area contributed by atoms with Gasteiger partial charge in [-0.15, -0.1) is 0 Å². The smallest absolute Gasteiger partial charge is 0.248 e. The predicted octanol–water partition coefficient (Wildman–Crippen LogP) is -5.43. The number of aliphatic hydroxyl groups excluding tert-OH is 1. The van der Waals surface area contributed by atoms with Crippen molar-refractivity contribution in [1.29, 1.82) is 0 Å². The van der Waals surface area contributed by atoms with E-state index in [2.05, 4.69) is 101 Å². The largest absolute Gasteiger partial charge is 0.394 e. The number of nitrogens with one attached hydrogen (secondary N) is 19. The lowest BCUT2D eigenvalue weighted by Crippen LogP contribution is -2.66. The second-order valence-electron chi connectivity index (χ2n) is 39.9. The zero-order valence-electron chi connectivity index (χ0n) is 83.7. The summed E-state index contributed by atoms with van der Waals surface area (Å²) in [5.74, 6) is -21.4. The van der Waals surface area contributed by atoms with E-state index in [1.54, 1.807) is 71.9 Å². The van der Waals surface area contributed by atoms with Gasteiger partial charge in [-0.05, 0) is 200 Å². The average Bonchev–Trinajstić information content (AvgIpc) is 1.77. The Bertz CT molecular complexity index is 4600. The number of hydrogen-bond donors (Lipinski definition) is 23. The molecule has 1 aromatic carbocycles. The maximum Gasteiger partial charge on any atom is 0.248 e. The Labute approximate surface area is 799 Å². The third kappa shape index (κ3) is 39.0. The first-order valence-electron chi connectivity index (χ1n) is 45.4. The van der Waals surface area contributed by atoms with Crippen LogP contribution in [-0.4, -0.2) is 276 Å². The maximum absolute atomic E-state index is 14.6. The van der Waals surface area contributed by atoms with Crippen LogP contribution in [0.4, 0.5) is 0 Å². The summed E-state index contributed by atoms with van der Waals surface area (Å²) in [4.78, 5) is 312. The van der Waals surface area contributed by atoms with E-state index in [1.807, 2.05) is 0 Å². The van der Waals surface area contributed by atoms with Crippen LogP contribution in [0.5, 0.6) is 0 Å². The SMILES string of the molecule is CC(=O)NC(C)(C)C(=O)N[C@@H](C)C(=O)NC(C)(C)C(=O)N[C@@H](C)C(=O)NC(C)(C)C(=O)N[C@@H](C)C(=O)N[C@@H](CCC(N)=O)C(=O)NC(C)(C)C(=O)N[C@H](C(=O)NC(C)(C)C(=O)NCC(=O)N[C@@H](CC(C)C)C(=O)NC(C)(C)C(=O)N1CCC[C@H]1C(=O)N[C@H](C(=O)NC(C)(C)C(=O)NC(C)(C)C(=O)N[C@@H](CCC(N)=O)C(=O)N[C@@H](CCC(N)=O)C(=O)NC(CO)Cc1ccccc1)C(C)C)C(C)C. The minimum Gasteiger partial charge on any atom is -0.394 e. The number of aliphatic hydroxyl groups is 1. The molecular weight excluding hydrogens is 1790 g/mol. The Kier molecular flexibility index (Phi) is 44.9. The molecule has 0 aliphatic carbocycles. The third-order valence-corrected chi connectivity index (χ3v) is 22.1. The van der Waals surface area contributed by atoms with E-state index in [0.717, 1.165) is 5.56 Å². The molecule has 0 aromatic heterocycles. The van der Waals surface area contributed by atoms with Crippen LogP contribution in [0.15, 0.2) is 30.3 Å². The van der Waals surface area contributed by atoms with Crippen LogP contribution in [0.25, 0.3) is 0 Å². The summed E-state index contributed by atoms with van der Waals surface area (Å²) in [6, 6.07) is -5.85. The van der Waals surface area contributed by atoms with Crippen molar-refractivity contribution in [3.05, 3.63) is 35.9 Å². The number of likely N-dealkylation sites (tertiary alicyclic amines) is 1. The number of benzene rings is 1. The molecule has 1 unspecified atom stereocenters. The molecule has 2 rings (SSSR count). The van der Waals surface area contributed by atoms with Gasteiger partial charge in [0.05, 0.1) is 19.2 Å². The third-order valence-electron chi connectivity index (χ3n) is 22.1. The highest BCUT2D eigenvalue weighted by Gasteiger charge is 2.48. The number of carbonyl (C=O) groups excluding carboxylic acids is 23. The number of carbonyl (C=O) groups is 23. The van der Waals surface area contributed by atoms with Gasteiger partial charge in [0.2, 0.25) is 136 Å². The highest BCUT2D eigenvalue weighted by molar-refractivity contribution is 6.04. The molecule has 0 saturated carbocycles. The number of amides is 23. The van der Waals surface area contributed by atoms with Crippen molar-refractivity contribution in [3.8, 4) is 0 Å². The van der Waals surface area contributed by atoms with E-state index < -0.39 is 297 Å². The summed E-state index contributed by atoms with van der Waals surface area (Å²) in [7, 11) is 0. The van der Waals surface area contributed by atoms with Gasteiger partial charge in [0.25, 0.3) is 0 Å². The molecule has 1 fully saturated rings. The van der Waals surface area contributed by atoms with E-state index >= 15 is 0 Å². The lowest BCUT2D eigenvalue weighted by Gasteiger charge is -2.36. The monoisotopic (exact) mass is 1940 g/mol. The summed E-state index contributed by atoms with van der Waals surface area (Å²) in [5, 5.41) is 58.1. The Hall–Kier alpha value is -13.0. The molecule has 768 valence electrons. The zero-order chi connectivity index (χ0) is 106. The number of nitrogens with two attached hydrogens (primary N) is 3. The molecule has 23 amide bonds. The molecule has 1 aliphatic rings. The van der Waals surface area contributed by atoms with Crippen molar-refractivity contribution in [2.75, 3.05) is 19.7 Å². The van der Waals surface area contributed by atoms with E-state index in [0.29, 0.717) is 6.42 Å². The van der Waals surface area contributed by atoms with Crippen molar-refractivity contribution in [3.63, 3.8) is 0 Å². The molecule has 1 aromatic rings. The molecule has 0 radical (unpaired) electrons. The molecule has 26 N–H and O–H groups in total. The normalized spacial score (nSPS) is 15.3. The fourth-order valence-corrected chi connectivity index (χ4v) is 13.6. The summed E-state index contributed by atoms with van der Waals surface area (Å²) < 4.78 is 0. The van der Waals surface area contributed by atoms with Crippen molar-refractivity contribution in [2.45, 2.75) is 355 Å². The van der Waals surface area contributed by atoms with E-state index in [1.165, 1.54) is 143 Å². The second-order valence-corrected chi connectivity index (χ2v) is 39.9. The molecule has 0 bridgehead atoms. The number of hydrogen-bond acceptors (Lipinski definition) is 24. The molecular formula is C90H149N23O24. The minimum absolute atomic E-state index is 0.00626. The van der Waals surface area contributed by atoms with Crippen molar-refractivity contribution in [1.82, 2.24) is 106 Å². The average molecular weight is 1940 g/mol. The molecule has 137 heavy (non-hydrogen) atoms. The molecule has 1 saturated heterocycles. The number of primary amides is 3. The fraction of sp³-hybridized carbons (Fsp3) is 0.678. The predicted molar refractivity (Wildman–Crippen MR) is 499 cm³/mol. The minimum atomic E-state index is -1.91. The fourth-order valence-electron chi connectivity index (χ4n) is 13.6. The van der Waals surface area contributed by atoms with Gasteiger partial charge in [0.15, 0.2) is 0 Å². The highest BCUT2D eigenvalue weighted by Crippen LogP contribution is 2.25. The van der Waals surface area contributed by atoms with Gasteiger partial charge in [-0.2, -0.15) is 0 Å². The molecule has 1 heterocycles. The summed E-state index contributed by atoms with van der Waals surface area (Å²) >= 11 is 0. The van der Waals surface area contributed by atoms with Gasteiger partial charge >= 0.3 is 0 Å². The van der Waals surface area contributed by atoms with Crippen LogP contribution in [0, 0.1) is 17.8 Å². The first-order valence-corrected chi connectivity index (χ1v) is 45.4.